The minimum atomic E-state index is -0.522. The number of esters is 1. The lowest BCUT2D eigenvalue weighted by Crippen LogP contribution is -2.10. The summed E-state index contributed by atoms with van der Waals surface area (Å²) < 4.78 is 12.3. The summed E-state index contributed by atoms with van der Waals surface area (Å²) in [5.41, 5.74) is 7.77. The van der Waals surface area contributed by atoms with E-state index in [1.54, 1.807) is 20.1 Å². The number of hydrogen-bond donors (Lipinski definition) is 1. The molecule has 0 bridgehead atoms. The number of pyridine rings is 1. The highest BCUT2D eigenvalue weighted by Gasteiger charge is 2.23. The maximum atomic E-state index is 13.1. The van der Waals surface area contributed by atoms with Crippen molar-refractivity contribution < 1.29 is 14.3 Å². The van der Waals surface area contributed by atoms with Gasteiger partial charge in [-0.3, -0.25) is 4.79 Å². The molecule has 0 spiro atoms. The van der Waals surface area contributed by atoms with E-state index in [0.29, 0.717) is 15.6 Å². The van der Waals surface area contributed by atoms with Gasteiger partial charge in [0.05, 0.1) is 30.3 Å². The number of para-hydroxylation sites is 1. The van der Waals surface area contributed by atoms with Crippen LogP contribution in [0.25, 0.3) is 26.8 Å². The molecule has 0 saturated carbocycles. The predicted octanol–water partition coefficient (Wildman–Crippen LogP) is 3.97. The Morgan fingerprint density at radius 1 is 1.14 bits per heavy atom. The highest BCUT2D eigenvalue weighted by molar-refractivity contribution is 7.21. The highest BCUT2D eigenvalue weighted by atomic mass is 32.1. The highest BCUT2D eigenvalue weighted by Crippen LogP contribution is 2.36. The van der Waals surface area contributed by atoms with Crippen LogP contribution >= 0.6 is 11.3 Å². The van der Waals surface area contributed by atoms with Gasteiger partial charge >= 0.3 is 5.97 Å². The van der Waals surface area contributed by atoms with E-state index < -0.39 is 5.97 Å². The largest absolute Gasteiger partial charge is 0.497 e. The van der Waals surface area contributed by atoms with E-state index in [4.69, 9.17) is 15.2 Å². The minimum absolute atomic E-state index is 0.163. The van der Waals surface area contributed by atoms with Gasteiger partial charge in [-0.25, -0.2) is 4.79 Å². The number of rotatable bonds is 4. The first kappa shape index (κ1) is 18.1. The van der Waals surface area contributed by atoms with Crippen molar-refractivity contribution in [1.82, 2.24) is 4.57 Å². The Morgan fingerprint density at radius 2 is 1.86 bits per heavy atom. The van der Waals surface area contributed by atoms with Crippen molar-refractivity contribution in [2.24, 2.45) is 0 Å². The number of thiophene rings is 1. The zero-order valence-electron chi connectivity index (χ0n) is 15.4. The van der Waals surface area contributed by atoms with Gasteiger partial charge in [-0.2, -0.15) is 0 Å². The standard InChI is InChI=1S/C21H18N2O4S/c1-3-27-21(25)19-17(22)16-18(24)14-6-4-5-7-15(14)23(20(16)28-19)12-8-10-13(26-2)11-9-12/h4-11H,3,22H2,1-2H3. The molecule has 2 heterocycles. The number of nitrogens with zero attached hydrogens (tertiary/aromatic N) is 1. The zero-order chi connectivity index (χ0) is 19.8. The Morgan fingerprint density at radius 3 is 2.54 bits per heavy atom. The van der Waals surface area contributed by atoms with Crippen molar-refractivity contribution in [2.75, 3.05) is 19.5 Å². The first-order valence-electron chi connectivity index (χ1n) is 8.74. The number of fused-ring (bicyclic) bond motifs is 2. The number of aromatic nitrogens is 1. The second-order valence-electron chi connectivity index (χ2n) is 6.13. The molecule has 4 rings (SSSR count). The molecular weight excluding hydrogens is 376 g/mol. The van der Waals surface area contributed by atoms with Crippen LogP contribution in [-0.2, 0) is 4.74 Å². The van der Waals surface area contributed by atoms with Crippen molar-refractivity contribution >= 4 is 44.1 Å². The van der Waals surface area contributed by atoms with E-state index in [0.717, 1.165) is 28.3 Å². The van der Waals surface area contributed by atoms with Crippen LogP contribution in [-0.4, -0.2) is 24.3 Å². The number of benzene rings is 2. The van der Waals surface area contributed by atoms with Gasteiger partial charge in [-0.15, -0.1) is 11.3 Å². The minimum Gasteiger partial charge on any atom is -0.497 e. The summed E-state index contributed by atoms with van der Waals surface area (Å²) in [6.45, 7) is 1.96. The summed E-state index contributed by atoms with van der Waals surface area (Å²) >= 11 is 1.16. The van der Waals surface area contributed by atoms with Crippen molar-refractivity contribution in [3.8, 4) is 11.4 Å². The first-order chi connectivity index (χ1) is 13.6. The Kier molecular flexibility index (Phi) is 4.52. The molecule has 0 unspecified atom stereocenters. The Bertz CT molecular complexity index is 1260. The number of hydrogen-bond acceptors (Lipinski definition) is 6. The quantitative estimate of drug-likeness (QED) is 0.530. The molecule has 0 radical (unpaired) electrons. The lowest BCUT2D eigenvalue weighted by Gasteiger charge is -2.13. The Labute approximate surface area is 164 Å². The van der Waals surface area contributed by atoms with E-state index in [1.165, 1.54) is 0 Å². The third-order valence-electron chi connectivity index (χ3n) is 4.54. The average Bonchev–Trinajstić information content (AvgIpc) is 3.06. The predicted molar refractivity (Wildman–Crippen MR) is 112 cm³/mol. The molecule has 0 atom stereocenters. The second-order valence-corrected chi connectivity index (χ2v) is 7.12. The molecule has 2 N–H and O–H groups in total. The fourth-order valence-corrected chi connectivity index (χ4v) is 4.40. The van der Waals surface area contributed by atoms with Gasteiger partial charge in [-0.1, -0.05) is 12.1 Å². The summed E-state index contributed by atoms with van der Waals surface area (Å²) in [7, 11) is 1.60. The number of carbonyl (C=O) groups excluding carboxylic acids is 1. The normalized spacial score (nSPS) is 11.1. The van der Waals surface area contributed by atoms with E-state index in [-0.39, 0.29) is 22.6 Å². The Hall–Kier alpha value is -3.32. The average molecular weight is 394 g/mol. The van der Waals surface area contributed by atoms with E-state index in [9.17, 15) is 9.59 Å². The molecule has 0 saturated heterocycles. The molecule has 0 fully saturated rings. The number of ether oxygens (including phenoxy) is 2. The fourth-order valence-electron chi connectivity index (χ4n) is 3.25. The van der Waals surface area contributed by atoms with Crippen LogP contribution in [0.15, 0.2) is 53.3 Å². The molecule has 6 nitrogen and oxygen atoms in total. The molecule has 7 heteroatoms. The third-order valence-corrected chi connectivity index (χ3v) is 5.71. The van der Waals surface area contributed by atoms with Gasteiger partial charge in [0.15, 0.2) is 5.43 Å². The molecule has 28 heavy (non-hydrogen) atoms. The summed E-state index contributed by atoms with van der Waals surface area (Å²) in [6.07, 6.45) is 0. The maximum absolute atomic E-state index is 13.1. The van der Waals surface area contributed by atoms with Crippen LogP contribution < -0.4 is 15.9 Å². The molecule has 142 valence electrons. The molecule has 4 aromatic rings. The molecule has 0 aliphatic heterocycles. The third kappa shape index (κ3) is 2.71. The molecule has 2 aromatic carbocycles. The summed E-state index contributed by atoms with van der Waals surface area (Å²) in [5.74, 6) is 0.203. The van der Waals surface area contributed by atoms with E-state index >= 15 is 0 Å². The van der Waals surface area contributed by atoms with E-state index in [1.807, 2.05) is 47.0 Å². The smallest absolute Gasteiger partial charge is 0.350 e. The van der Waals surface area contributed by atoms with Crippen molar-refractivity contribution in [1.29, 1.82) is 0 Å². The van der Waals surface area contributed by atoms with Crippen molar-refractivity contribution in [2.45, 2.75) is 6.92 Å². The zero-order valence-corrected chi connectivity index (χ0v) is 16.2. The number of methoxy groups -OCH3 is 1. The van der Waals surface area contributed by atoms with Gasteiger partial charge in [0, 0.05) is 11.1 Å². The van der Waals surface area contributed by atoms with Crippen LogP contribution in [0.4, 0.5) is 5.69 Å². The van der Waals surface area contributed by atoms with Crippen LogP contribution in [0.2, 0.25) is 0 Å². The maximum Gasteiger partial charge on any atom is 0.350 e. The lowest BCUT2D eigenvalue weighted by molar-refractivity contribution is 0.0533. The van der Waals surface area contributed by atoms with Crippen LogP contribution in [0.1, 0.15) is 16.6 Å². The van der Waals surface area contributed by atoms with E-state index in [2.05, 4.69) is 0 Å². The topological polar surface area (TPSA) is 83.5 Å². The molecule has 0 aliphatic rings. The molecular formula is C21H18N2O4S. The summed E-state index contributed by atoms with van der Waals surface area (Å²) in [5, 5.41) is 0.869. The lowest BCUT2D eigenvalue weighted by atomic mass is 10.1. The summed E-state index contributed by atoms with van der Waals surface area (Å²) in [6, 6.07) is 14.8. The number of anilines is 1. The van der Waals surface area contributed by atoms with Crippen LogP contribution in [0.5, 0.6) is 5.75 Å². The molecule has 0 aliphatic carbocycles. The van der Waals surface area contributed by atoms with Crippen molar-refractivity contribution in [3.63, 3.8) is 0 Å². The van der Waals surface area contributed by atoms with Gasteiger partial charge in [0.25, 0.3) is 0 Å². The van der Waals surface area contributed by atoms with Gasteiger partial charge in [-0.05, 0) is 43.3 Å². The van der Waals surface area contributed by atoms with Gasteiger partial charge in [0.1, 0.15) is 15.5 Å². The number of nitrogens with two attached hydrogens (primary N) is 1. The monoisotopic (exact) mass is 394 g/mol. The first-order valence-corrected chi connectivity index (χ1v) is 9.55. The summed E-state index contributed by atoms with van der Waals surface area (Å²) in [4.78, 5) is 26.3. The number of carbonyl (C=O) groups is 1. The SMILES string of the molecule is CCOC(=O)c1sc2c(c1N)c(=O)c1ccccc1n2-c1ccc(OC)cc1. The number of nitrogen functional groups attached to an aromatic ring is 1. The second kappa shape index (κ2) is 7.01. The molecule has 2 aromatic heterocycles. The van der Waals surface area contributed by atoms with Crippen LogP contribution in [0.3, 0.4) is 0 Å². The van der Waals surface area contributed by atoms with Gasteiger partial charge < -0.3 is 19.8 Å². The van der Waals surface area contributed by atoms with Crippen LogP contribution in [0, 0.1) is 0 Å². The molecule has 0 amide bonds. The Balaban J connectivity index is 2.13. The van der Waals surface area contributed by atoms with Gasteiger partial charge in [0.2, 0.25) is 0 Å². The van der Waals surface area contributed by atoms with Crippen molar-refractivity contribution in [3.05, 3.63) is 63.6 Å². The fraction of sp³-hybridized carbons (Fsp3) is 0.143.